The van der Waals surface area contributed by atoms with Gasteiger partial charge in [-0.2, -0.15) is 0 Å². The summed E-state index contributed by atoms with van der Waals surface area (Å²) in [6.07, 6.45) is 8.78. The third kappa shape index (κ3) is 5.13. The molecule has 1 aromatic carbocycles. The summed E-state index contributed by atoms with van der Waals surface area (Å²) in [6, 6.07) is 6.03. The van der Waals surface area contributed by atoms with Crippen LogP contribution in [-0.4, -0.2) is 22.8 Å². The fourth-order valence-electron chi connectivity index (χ4n) is 3.06. The van der Waals surface area contributed by atoms with E-state index in [0.717, 1.165) is 29.7 Å². The minimum Gasteiger partial charge on any atom is -0.426 e. The predicted octanol–water partition coefficient (Wildman–Crippen LogP) is 4.36. The van der Waals surface area contributed by atoms with Crippen molar-refractivity contribution in [3.8, 4) is 18.1 Å². The number of aromatic amines is 1. The van der Waals surface area contributed by atoms with Gasteiger partial charge in [-0.25, -0.2) is 0 Å². The lowest BCUT2D eigenvalue weighted by Gasteiger charge is -2.23. The molecule has 3 atom stereocenters. The lowest BCUT2D eigenvalue weighted by atomic mass is 10.1. The summed E-state index contributed by atoms with van der Waals surface area (Å²) in [4.78, 5) is 13.9. The number of H-pyrrole nitrogens is 1. The average molecular weight is 434 g/mol. The van der Waals surface area contributed by atoms with E-state index in [1.165, 1.54) is 0 Å². The highest BCUT2D eigenvalue weighted by Crippen LogP contribution is 2.47. The lowest BCUT2D eigenvalue weighted by molar-refractivity contribution is 0.00906. The molecule has 2 aliphatic heterocycles. The number of para-hydroxylation sites is 1. The van der Waals surface area contributed by atoms with Crippen molar-refractivity contribution in [3.05, 3.63) is 56.2 Å². The van der Waals surface area contributed by atoms with Gasteiger partial charge >= 0.3 is 8.60 Å². The van der Waals surface area contributed by atoms with Gasteiger partial charge in [0.05, 0.1) is 12.7 Å². The van der Waals surface area contributed by atoms with Crippen LogP contribution < -0.4 is 10.1 Å². The van der Waals surface area contributed by atoms with Gasteiger partial charge in [-0.3, -0.25) is 18.9 Å². The molecule has 1 N–H and O–H groups in total. The molecule has 0 radical (unpaired) electrons. The van der Waals surface area contributed by atoms with Crippen molar-refractivity contribution in [3.63, 3.8) is 0 Å². The van der Waals surface area contributed by atoms with Crippen LogP contribution in [0.15, 0.2) is 29.2 Å². The molecule has 1 aromatic heterocycles. The second-order valence-corrected chi connectivity index (χ2v) is 8.31. The maximum Gasteiger partial charge on any atom is 0.397 e. The van der Waals surface area contributed by atoms with Crippen LogP contribution in [0.2, 0.25) is 0 Å². The van der Waals surface area contributed by atoms with Crippen molar-refractivity contribution >= 4 is 20.8 Å². The number of nitrogens with zero attached hydrogens (tertiary/aromatic N) is 1. The lowest BCUT2D eigenvalue weighted by Crippen LogP contribution is -2.19. The zero-order chi connectivity index (χ0) is 21.0. The number of terminal acetylenes is 1. The summed E-state index contributed by atoms with van der Waals surface area (Å²) in [5.74, 6) is 3.25. The number of ether oxygens (including phenoxy) is 1. The van der Waals surface area contributed by atoms with E-state index in [0.29, 0.717) is 11.4 Å². The van der Waals surface area contributed by atoms with E-state index in [1.54, 1.807) is 17.9 Å². The molecule has 2 aliphatic rings. The minimum atomic E-state index is -1.17. The molecule has 3 heterocycles. The van der Waals surface area contributed by atoms with Crippen LogP contribution >= 0.6 is 20.8 Å². The van der Waals surface area contributed by atoms with Crippen molar-refractivity contribution in [1.29, 1.82) is 0 Å². The topological polar surface area (TPSA) is 74.7 Å². The third-order valence-electron chi connectivity index (χ3n) is 4.58. The van der Waals surface area contributed by atoms with E-state index < -0.39 is 8.60 Å². The molecule has 0 spiro atoms. The molecule has 0 amide bonds. The van der Waals surface area contributed by atoms with Crippen molar-refractivity contribution in [2.45, 2.75) is 45.6 Å². The zero-order valence-electron chi connectivity index (χ0n) is 16.5. The Hall–Kier alpha value is -2.01. The number of hydrogen-bond donors (Lipinski definition) is 1. The monoisotopic (exact) mass is 434 g/mol. The summed E-state index contributed by atoms with van der Waals surface area (Å²) < 4.78 is 23.6. The molecule has 9 heteroatoms. The molecule has 7 nitrogen and oxygen atoms in total. The number of fused-ring (bicyclic) bond motifs is 1. The fraction of sp³-hybridized carbons (Fsp3) is 0.400. The Morgan fingerprint density at radius 1 is 1.41 bits per heavy atom. The molecule has 29 heavy (non-hydrogen) atoms. The zero-order valence-corrected chi connectivity index (χ0v) is 18.2. The number of hydrogen-bond acceptors (Lipinski definition) is 6. The number of nitrogens with one attached hydrogen (secondary N) is 1. The van der Waals surface area contributed by atoms with E-state index in [9.17, 15) is 4.79 Å². The number of benzene rings is 1. The van der Waals surface area contributed by atoms with E-state index in [-0.39, 0.29) is 23.5 Å². The molecule has 154 valence electrons. The Balaban J connectivity index is 0.000000169. The quantitative estimate of drug-likeness (QED) is 0.430. The van der Waals surface area contributed by atoms with Crippen LogP contribution in [0.25, 0.3) is 0 Å². The second-order valence-electron chi connectivity index (χ2n) is 6.67. The van der Waals surface area contributed by atoms with Crippen LogP contribution in [0.4, 0.5) is 0 Å². The van der Waals surface area contributed by atoms with Crippen molar-refractivity contribution < 1.29 is 18.3 Å². The SMILES string of the molecule is C#Cc1cn(C2CCC(C)O2)c(=S)[nH]c1=O.COP1OCc2cccc(C)c2O1. The maximum absolute atomic E-state index is 11.4. The molecule has 1 fully saturated rings. The summed E-state index contributed by atoms with van der Waals surface area (Å²) in [7, 11) is 0.420. The van der Waals surface area contributed by atoms with Gasteiger partial charge in [0.25, 0.3) is 5.56 Å². The van der Waals surface area contributed by atoms with Gasteiger partial charge in [0.15, 0.2) is 4.77 Å². The largest absolute Gasteiger partial charge is 0.426 e. The number of aryl methyl sites for hydroxylation is 1. The highest BCUT2D eigenvalue weighted by Gasteiger charge is 2.24. The van der Waals surface area contributed by atoms with Crippen molar-refractivity contribution in [2.75, 3.05) is 7.11 Å². The molecule has 1 saturated heterocycles. The first-order valence-corrected chi connectivity index (χ1v) is 10.6. The van der Waals surface area contributed by atoms with Crippen LogP contribution in [-0.2, 0) is 20.4 Å². The number of aromatic nitrogens is 2. The number of rotatable bonds is 2. The molecule has 2 aromatic rings. The van der Waals surface area contributed by atoms with E-state index in [2.05, 4.69) is 10.9 Å². The van der Waals surface area contributed by atoms with Crippen LogP contribution in [0, 0.1) is 24.0 Å². The van der Waals surface area contributed by atoms with Crippen LogP contribution in [0.5, 0.6) is 5.75 Å². The second kappa shape index (κ2) is 9.66. The van der Waals surface area contributed by atoms with Gasteiger partial charge in [0.2, 0.25) is 0 Å². The molecular formula is C20H23N2O5PS. The van der Waals surface area contributed by atoms with E-state index in [4.69, 9.17) is 36.9 Å². The van der Waals surface area contributed by atoms with Gasteiger partial charge < -0.3 is 13.8 Å². The average Bonchev–Trinajstić information content (AvgIpc) is 3.15. The Bertz CT molecular complexity index is 1030. The van der Waals surface area contributed by atoms with Gasteiger partial charge in [0, 0.05) is 18.9 Å². The summed E-state index contributed by atoms with van der Waals surface area (Å²) in [5.41, 5.74) is 2.17. The summed E-state index contributed by atoms with van der Waals surface area (Å²) >= 11 is 5.08. The third-order valence-corrected chi connectivity index (χ3v) is 5.86. The maximum atomic E-state index is 11.4. The first kappa shape index (κ1) is 21.7. The van der Waals surface area contributed by atoms with E-state index >= 15 is 0 Å². The molecule has 3 unspecified atom stereocenters. The first-order chi connectivity index (χ1) is 13.9. The Kier molecular flexibility index (Phi) is 7.23. The molecule has 4 rings (SSSR count). The van der Waals surface area contributed by atoms with Crippen molar-refractivity contribution in [2.24, 2.45) is 0 Å². The van der Waals surface area contributed by atoms with Gasteiger partial charge in [0.1, 0.15) is 17.5 Å². The normalized spacial score (nSPS) is 22.6. The summed E-state index contributed by atoms with van der Waals surface area (Å²) in [6.45, 7) is 4.61. The highest BCUT2D eigenvalue weighted by molar-refractivity contribution is 7.71. The highest BCUT2D eigenvalue weighted by atomic mass is 32.1. The van der Waals surface area contributed by atoms with Crippen LogP contribution in [0.1, 0.15) is 42.7 Å². The molecule has 0 aliphatic carbocycles. The summed E-state index contributed by atoms with van der Waals surface area (Å²) in [5, 5.41) is 0. The smallest absolute Gasteiger partial charge is 0.397 e. The Morgan fingerprint density at radius 3 is 2.86 bits per heavy atom. The minimum absolute atomic E-state index is 0.119. The Morgan fingerprint density at radius 2 is 2.21 bits per heavy atom. The molecule has 0 bridgehead atoms. The van der Waals surface area contributed by atoms with Gasteiger partial charge in [-0.05, 0) is 44.5 Å². The van der Waals surface area contributed by atoms with Crippen LogP contribution in [0.3, 0.4) is 0 Å². The van der Waals surface area contributed by atoms with Gasteiger partial charge in [-0.1, -0.05) is 24.1 Å². The molecular weight excluding hydrogens is 411 g/mol. The first-order valence-electron chi connectivity index (χ1n) is 9.14. The fourth-order valence-corrected chi connectivity index (χ4v) is 4.21. The van der Waals surface area contributed by atoms with E-state index in [1.807, 2.05) is 32.0 Å². The molecule has 0 saturated carbocycles. The predicted molar refractivity (Wildman–Crippen MR) is 113 cm³/mol. The standard InChI is InChI=1S/C11H12N2O2S.C9H11O3P/c1-3-8-6-13(11(16)12-10(8)14)9-5-4-7(2)15-9;1-7-4-3-5-8-6-11-13(10-2)12-9(7)8/h1,6-7,9H,4-5H2,2H3,(H,12,14,16);3-5H,6H2,1-2H3. The Labute approximate surface area is 176 Å². The van der Waals surface area contributed by atoms with Gasteiger partial charge in [-0.15, -0.1) is 6.42 Å². The van der Waals surface area contributed by atoms with Crippen molar-refractivity contribution in [1.82, 2.24) is 9.55 Å².